The fourth-order valence-electron chi connectivity index (χ4n) is 0.794. The van der Waals surface area contributed by atoms with Crippen molar-refractivity contribution < 1.29 is 28.8 Å². The molecule has 0 radical (unpaired) electrons. The molecule has 12 heavy (non-hydrogen) atoms. The van der Waals surface area contributed by atoms with Crippen molar-refractivity contribution in [3.05, 3.63) is 11.4 Å². The Kier molecular flexibility index (Phi) is 3.37. The van der Waals surface area contributed by atoms with Gasteiger partial charge in [0, 0.05) is 12.7 Å². The van der Waals surface area contributed by atoms with E-state index < -0.39 is 5.97 Å². The summed E-state index contributed by atoms with van der Waals surface area (Å²) in [4.78, 5) is 13.9. The van der Waals surface area contributed by atoms with Crippen molar-refractivity contribution in [1.29, 1.82) is 0 Å². The number of hydrogen-bond acceptors (Lipinski definition) is 4. The van der Waals surface area contributed by atoms with Gasteiger partial charge < -0.3 is 20.2 Å². The topological polar surface area (TPSA) is 84.0 Å². The van der Waals surface area contributed by atoms with Crippen LogP contribution < -0.4 is 29.7 Å². The largest absolute Gasteiger partial charge is 1.00 e. The van der Waals surface area contributed by atoms with Crippen LogP contribution in [0.15, 0.2) is 0 Å². The molecule has 0 amide bonds. The number of carbonyl (C=O) groups is 1. The molecule has 0 unspecified atom stereocenters. The first kappa shape index (κ1) is 11.1. The molecule has 0 spiro atoms. The second-order valence-electron chi connectivity index (χ2n) is 2.25. The molecule has 1 aromatic heterocycles. The summed E-state index contributed by atoms with van der Waals surface area (Å²) < 4.78 is 1.49. The molecule has 1 aromatic rings. The number of nitrogen functional groups attached to an aromatic ring is 1. The zero-order valence-electron chi connectivity index (χ0n) is 7.29. The zero-order chi connectivity index (χ0) is 8.59. The van der Waals surface area contributed by atoms with E-state index in [1.54, 1.807) is 14.0 Å². The van der Waals surface area contributed by atoms with Gasteiger partial charge in [0.15, 0.2) is 0 Å². The molecule has 0 bridgehead atoms. The van der Waals surface area contributed by atoms with Gasteiger partial charge in [-0.25, -0.2) is 4.98 Å². The van der Waals surface area contributed by atoms with Crippen molar-refractivity contribution in [2.75, 3.05) is 5.73 Å². The summed E-state index contributed by atoms with van der Waals surface area (Å²) >= 11 is 0. The van der Waals surface area contributed by atoms with Gasteiger partial charge in [0.2, 0.25) is 5.95 Å². The van der Waals surface area contributed by atoms with E-state index in [0.717, 1.165) is 0 Å². The van der Waals surface area contributed by atoms with Crippen molar-refractivity contribution in [1.82, 2.24) is 9.55 Å². The number of aromatic nitrogens is 2. The van der Waals surface area contributed by atoms with Gasteiger partial charge in [0.1, 0.15) is 5.69 Å². The third-order valence-electron chi connectivity index (χ3n) is 1.61. The minimum absolute atomic E-state index is 0. The summed E-state index contributed by atoms with van der Waals surface area (Å²) in [5.74, 6) is -1.11. The summed E-state index contributed by atoms with van der Waals surface area (Å²) in [5.41, 5.74) is 5.75. The zero-order valence-corrected chi connectivity index (χ0v) is 7.29. The van der Waals surface area contributed by atoms with Gasteiger partial charge in [0.05, 0.1) is 5.97 Å². The SMILES string of the molecule is Cc1c(C(=O)[O-])nc(N)n1C.[Li+]. The molecule has 60 valence electrons. The predicted octanol–water partition coefficient (Wildman–Crippen LogP) is -4.32. The molecule has 5 nitrogen and oxygen atoms in total. The summed E-state index contributed by atoms with van der Waals surface area (Å²) in [7, 11) is 1.64. The van der Waals surface area contributed by atoms with Crippen LogP contribution in [-0.2, 0) is 7.05 Å². The first-order valence-corrected chi connectivity index (χ1v) is 3.04. The Morgan fingerprint density at radius 2 is 2.17 bits per heavy atom. The molecular formula is C6H8LiN3O2. The maximum Gasteiger partial charge on any atom is 1.00 e. The van der Waals surface area contributed by atoms with Gasteiger partial charge in [-0.3, -0.25) is 0 Å². The molecule has 0 fully saturated rings. The standard InChI is InChI=1S/C6H9N3O2.Li/c1-3-4(5(10)11)8-6(7)9(3)2;/h1-2H3,(H2,7,8)(H,10,11);/q;+1/p-1. The van der Waals surface area contributed by atoms with E-state index in [1.165, 1.54) is 4.57 Å². The van der Waals surface area contributed by atoms with Crippen LogP contribution >= 0.6 is 0 Å². The number of rotatable bonds is 1. The molecule has 0 aliphatic rings. The van der Waals surface area contributed by atoms with Crippen molar-refractivity contribution >= 4 is 11.9 Å². The fraction of sp³-hybridized carbons (Fsp3) is 0.333. The number of carboxylic acids is 1. The number of nitrogens with zero attached hydrogens (tertiary/aromatic N) is 2. The number of anilines is 1. The van der Waals surface area contributed by atoms with Crippen LogP contribution in [0.4, 0.5) is 5.95 Å². The van der Waals surface area contributed by atoms with Crippen molar-refractivity contribution in [3.8, 4) is 0 Å². The average molecular weight is 161 g/mol. The van der Waals surface area contributed by atoms with Crippen LogP contribution in [0.5, 0.6) is 0 Å². The second kappa shape index (κ2) is 3.65. The molecule has 0 aliphatic carbocycles. The quantitative estimate of drug-likeness (QED) is 0.422. The molecule has 1 rings (SSSR count). The molecule has 0 saturated carbocycles. The van der Waals surface area contributed by atoms with E-state index in [0.29, 0.717) is 5.69 Å². The van der Waals surface area contributed by atoms with Gasteiger partial charge >= 0.3 is 18.9 Å². The minimum Gasteiger partial charge on any atom is -0.543 e. The van der Waals surface area contributed by atoms with Crippen molar-refractivity contribution in [2.45, 2.75) is 6.92 Å². The maximum absolute atomic E-state index is 10.3. The monoisotopic (exact) mass is 161 g/mol. The third kappa shape index (κ3) is 1.63. The molecule has 2 N–H and O–H groups in total. The Bertz CT molecular complexity index is 308. The Morgan fingerprint density at radius 1 is 1.67 bits per heavy atom. The number of carbonyl (C=O) groups excluding carboxylic acids is 1. The van der Waals surface area contributed by atoms with E-state index in [2.05, 4.69) is 4.98 Å². The summed E-state index contributed by atoms with van der Waals surface area (Å²) in [6, 6.07) is 0. The van der Waals surface area contributed by atoms with Crippen LogP contribution in [0.3, 0.4) is 0 Å². The van der Waals surface area contributed by atoms with Gasteiger partial charge in [-0.2, -0.15) is 0 Å². The van der Waals surface area contributed by atoms with Crippen LogP contribution in [-0.4, -0.2) is 15.5 Å². The molecular weight excluding hydrogens is 153 g/mol. The molecule has 0 aliphatic heterocycles. The van der Waals surface area contributed by atoms with Crippen LogP contribution in [0, 0.1) is 6.92 Å². The Labute approximate surface area is 81.8 Å². The molecule has 0 atom stereocenters. The molecule has 0 aromatic carbocycles. The molecule has 0 saturated heterocycles. The Morgan fingerprint density at radius 3 is 2.33 bits per heavy atom. The maximum atomic E-state index is 10.3. The van der Waals surface area contributed by atoms with Gasteiger partial charge in [-0.15, -0.1) is 0 Å². The van der Waals surface area contributed by atoms with Gasteiger partial charge in [0.25, 0.3) is 0 Å². The number of aromatic carboxylic acids is 1. The number of imidazole rings is 1. The molecule has 6 heteroatoms. The Hall–Kier alpha value is -0.923. The van der Waals surface area contributed by atoms with E-state index in [1.807, 2.05) is 0 Å². The van der Waals surface area contributed by atoms with Gasteiger partial charge in [-0.05, 0) is 6.92 Å². The van der Waals surface area contributed by atoms with E-state index in [9.17, 15) is 9.90 Å². The van der Waals surface area contributed by atoms with Crippen LogP contribution in [0.1, 0.15) is 16.2 Å². The average Bonchev–Trinajstić information content (AvgIpc) is 2.17. The fourth-order valence-corrected chi connectivity index (χ4v) is 0.794. The van der Waals surface area contributed by atoms with E-state index in [4.69, 9.17) is 5.73 Å². The number of carboxylic acid groups (broad SMARTS) is 1. The first-order chi connectivity index (χ1) is 5.04. The summed E-state index contributed by atoms with van der Waals surface area (Å²) in [5, 5.41) is 10.3. The van der Waals surface area contributed by atoms with E-state index in [-0.39, 0.29) is 30.5 Å². The second-order valence-corrected chi connectivity index (χ2v) is 2.25. The Balaban J connectivity index is 0.00000121. The van der Waals surface area contributed by atoms with Gasteiger partial charge in [-0.1, -0.05) is 0 Å². The van der Waals surface area contributed by atoms with Crippen LogP contribution in [0.25, 0.3) is 0 Å². The molecule has 1 heterocycles. The predicted molar refractivity (Wildman–Crippen MR) is 36.7 cm³/mol. The number of hydrogen-bond donors (Lipinski definition) is 1. The summed E-state index contributed by atoms with van der Waals surface area (Å²) in [6.07, 6.45) is 0. The minimum atomic E-state index is -1.30. The number of nitrogens with two attached hydrogens (primary N) is 1. The van der Waals surface area contributed by atoms with E-state index >= 15 is 0 Å². The third-order valence-corrected chi connectivity index (χ3v) is 1.61. The van der Waals surface area contributed by atoms with Crippen molar-refractivity contribution in [3.63, 3.8) is 0 Å². The first-order valence-electron chi connectivity index (χ1n) is 3.04. The van der Waals surface area contributed by atoms with Crippen LogP contribution in [0.2, 0.25) is 0 Å². The smallest absolute Gasteiger partial charge is 0.543 e. The van der Waals surface area contributed by atoms with Crippen molar-refractivity contribution in [2.24, 2.45) is 7.05 Å². The normalized spacial score (nSPS) is 9.17. The summed E-state index contributed by atoms with van der Waals surface area (Å²) in [6.45, 7) is 1.62.